The number of nitrogens with two attached hydrogens (primary N) is 1. The van der Waals surface area contributed by atoms with Gasteiger partial charge in [-0.1, -0.05) is 12.1 Å². The maximum absolute atomic E-state index is 11.6. The third-order valence-electron chi connectivity index (χ3n) is 2.86. The zero-order valence-corrected chi connectivity index (χ0v) is 11.5. The smallest absolute Gasteiger partial charge is 0.360 e. The lowest BCUT2D eigenvalue weighted by Gasteiger charge is -2.07. The Balaban J connectivity index is 2.15. The summed E-state index contributed by atoms with van der Waals surface area (Å²) in [6.07, 6.45) is 1.53. The molecule has 0 atom stereocenters. The van der Waals surface area contributed by atoms with E-state index in [1.807, 2.05) is 24.3 Å². The first kappa shape index (κ1) is 13.9. The molecule has 0 unspecified atom stereocenters. The van der Waals surface area contributed by atoms with Gasteiger partial charge in [0.25, 0.3) is 0 Å². The SMILES string of the molecule is CCOC(=O)c1ncn(Cc2ccc(OC)cc2)c1N. The van der Waals surface area contributed by atoms with E-state index >= 15 is 0 Å². The minimum atomic E-state index is -0.501. The summed E-state index contributed by atoms with van der Waals surface area (Å²) in [7, 11) is 1.62. The lowest BCUT2D eigenvalue weighted by Crippen LogP contribution is -2.10. The van der Waals surface area contributed by atoms with Crippen LogP contribution in [0.4, 0.5) is 5.82 Å². The highest BCUT2D eigenvalue weighted by Crippen LogP contribution is 2.16. The molecule has 6 heteroatoms. The number of nitrogens with zero attached hydrogens (tertiary/aromatic N) is 2. The van der Waals surface area contributed by atoms with E-state index in [2.05, 4.69) is 4.98 Å². The fraction of sp³-hybridized carbons (Fsp3) is 0.286. The Bertz CT molecular complexity index is 590. The van der Waals surface area contributed by atoms with Gasteiger partial charge in [-0.2, -0.15) is 0 Å². The van der Waals surface area contributed by atoms with Crippen molar-refractivity contribution in [3.63, 3.8) is 0 Å². The van der Waals surface area contributed by atoms with Gasteiger partial charge in [-0.3, -0.25) is 0 Å². The van der Waals surface area contributed by atoms with Crippen LogP contribution in [0.25, 0.3) is 0 Å². The molecule has 0 radical (unpaired) electrons. The van der Waals surface area contributed by atoms with Gasteiger partial charge >= 0.3 is 5.97 Å². The zero-order valence-electron chi connectivity index (χ0n) is 11.5. The second kappa shape index (κ2) is 6.10. The first-order chi connectivity index (χ1) is 9.65. The van der Waals surface area contributed by atoms with E-state index in [0.29, 0.717) is 19.0 Å². The van der Waals surface area contributed by atoms with Crippen molar-refractivity contribution in [1.82, 2.24) is 9.55 Å². The van der Waals surface area contributed by atoms with Crippen LogP contribution in [-0.4, -0.2) is 29.2 Å². The number of anilines is 1. The second-order valence-corrected chi connectivity index (χ2v) is 4.17. The summed E-state index contributed by atoms with van der Waals surface area (Å²) < 4.78 is 11.7. The van der Waals surface area contributed by atoms with Crippen LogP contribution in [0.15, 0.2) is 30.6 Å². The topological polar surface area (TPSA) is 79.4 Å². The minimum absolute atomic E-state index is 0.153. The lowest BCUT2D eigenvalue weighted by molar-refractivity contribution is 0.0521. The molecule has 0 aliphatic heterocycles. The number of aromatic nitrogens is 2. The Kier molecular flexibility index (Phi) is 4.24. The number of ether oxygens (including phenoxy) is 2. The Hall–Kier alpha value is -2.50. The zero-order chi connectivity index (χ0) is 14.5. The maximum Gasteiger partial charge on any atom is 0.360 e. The van der Waals surface area contributed by atoms with Crippen LogP contribution in [-0.2, 0) is 11.3 Å². The van der Waals surface area contributed by atoms with Crippen LogP contribution in [0.3, 0.4) is 0 Å². The van der Waals surface area contributed by atoms with Crippen molar-refractivity contribution in [2.45, 2.75) is 13.5 Å². The quantitative estimate of drug-likeness (QED) is 0.840. The number of imidazole rings is 1. The van der Waals surface area contributed by atoms with Crippen LogP contribution in [0.2, 0.25) is 0 Å². The number of carbonyl (C=O) groups is 1. The van der Waals surface area contributed by atoms with Gasteiger partial charge in [-0.25, -0.2) is 9.78 Å². The van der Waals surface area contributed by atoms with Crippen molar-refractivity contribution in [2.24, 2.45) is 0 Å². The number of nitrogen functional groups attached to an aromatic ring is 1. The molecule has 1 heterocycles. The Labute approximate surface area is 117 Å². The molecule has 2 rings (SSSR count). The highest BCUT2D eigenvalue weighted by Gasteiger charge is 2.16. The summed E-state index contributed by atoms with van der Waals surface area (Å²) in [6.45, 7) is 2.56. The molecule has 0 fully saturated rings. The van der Waals surface area contributed by atoms with Gasteiger partial charge < -0.3 is 19.8 Å². The Morgan fingerprint density at radius 1 is 1.35 bits per heavy atom. The molecule has 0 saturated carbocycles. The van der Waals surface area contributed by atoms with E-state index in [1.54, 1.807) is 18.6 Å². The van der Waals surface area contributed by atoms with Gasteiger partial charge in [0, 0.05) is 0 Å². The van der Waals surface area contributed by atoms with E-state index in [-0.39, 0.29) is 5.69 Å². The standard InChI is InChI=1S/C14H17N3O3/c1-3-20-14(18)12-13(15)17(9-16-12)8-10-4-6-11(19-2)7-5-10/h4-7,9H,3,8,15H2,1-2H3. The molecular weight excluding hydrogens is 258 g/mol. The predicted molar refractivity (Wildman–Crippen MR) is 74.7 cm³/mol. The molecule has 20 heavy (non-hydrogen) atoms. The van der Waals surface area contributed by atoms with Crippen molar-refractivity contribution in [3.8, 4) is 5.75 Å². The number of carbonyl (C=O) groups excluding carboxylic acids is 1. The average molecular weight is 275 g/mol. The molecule has 0 bridgehead atoms. The highest BCUT2D eigenvalue weighted by atomic mass is 16.5. The van der Waals surface area contributed by atoms with Crippen LogP contribution < -0.4 is 10.5 Å². The normalized spacial score (nSPS) is 10.3. The van der Waals surface area contributed by atoms with Crippen molar-refractivity contribution >= 4 is 11.8 Å². The van der Waals surface area contributed by atoms with Crippen LogP contribution >= 0.6 is 0 Å². The average Bonchev–Trinajstić information content (AvgIpc) is 2.81. The van der Waals surface area contributed by atoms with Crippen molar-refractivity contribution in [1.29, 1.82) is 0 Å². The van der Waals surface area contributed by atoms with E-state index in [4.69, 9.17) is 15.2 Å². The number of esters is 1. The molecule has 0 aliphatic rings. The van der Waals surface area contributed by atoms with E-state index in [1.165, 1.54) is 6.33 Å². The molecule has 1 aromatic heterocycles. The van der Waals surface area contributed by atoms with E-state index in [9.17, 15) is 4.79 Å². The summed E-state index contributed by atoms with van der Waals surface area (Å²) in [5.74, 6) is 0.595. The number of methoxy groups -OCH3 is 1. The maximum atomic E-state index is 11.6. The summed E-state index contributed by atoms with van der Waals surface area (Å²) >= 11 is 0. The van der Waals surface area contributed by atoms with Crippen molar-refractivity contribution < 1.29 is 14.3 Å². The molecule has 6 nitrogen and oxygen atoms in total. The van der Waals surface area contributed by atoms with Gasteiger partial charge in [0.2, 0.25) is 0 Å². The summed E-state index contributed by atoms with van der Waals surface area (Å²) in [4.78, 5) is 15.6. The molecule has 2 N–H and O–H groups in total. The molecule has 0 spiro atoms. The van der Waals surface area contributed by atoms with Gasteiger partial charge in [-0.15, -0.1) is 0 Å². The molecule has 106 valence electrons. The van der Waals surface area contributed by atoms with Crippen LogP contribution in [0, 0.1) is 0 Å². The first-order valence-electron chi connectivity index (χ1n) is 6.26. The number of hydrogen-bond donors (Lipinski definition) is 1. The van der Waals surface area contributed by atoms with Crippen LogP contribution in [0.5, 0.6) is 5.75 Å². The lowest BCUT2D eigenvalue weighted by atomic mass is 10.2. The molecule has 0 saturated heterocycles. The number of hydrogen-bond acceptors (Lipinski definition) is 5. The fourth-order valence-corrected chi connectivity index (χ4v) is 1.80. The highest BCUT2D eigenvalue weighted by molar-refractivity contribution is 5.92. The van der Waals surface area contributed by atoms with Crippen molar-refractivity contribution in [2.75, 3.05) is 19.5 Å². The first-order valence-corrected chi connectivity index (χ1v) is 6.26. The Morgan fingerprint density at radius 3 is 2.65 bits per heavy atom. The largest absolute Gasteiger partial charge is 0.497 e. The third-order valence-corrected chi connectivity index (χ3v) is 2.86. The van der Waals surface area contributed by atoms with E-state index < -0.39 is 5.97 Å². The molecular formula is C14H17N3O3. The fourth-order valence-electron chi connectivity index (χ4n) is 1.80. The van der Waals surface area contributed by atoms with Gasteiger partial charge in [0.05, 0.1) is 26.6 Å². The predicted octanol–water partition coefficient (Wildman–Crippen LogP) is 1.70. The second-order valence-electron chi connectivity index (χ2n) is 4.17. The van der Waals surface area contributed by atoms with Gasteiger partial charge in [0.15, 0.2) is 5.69 Å². The van der Waals surface area contributed by atoms with Crippen molar-refractivity contribution in [3.05, 3.63) is 41.9 Å². The van der Waals surface area contributed by atoms with E-state index in [0.717, 1.165) is 11.3 Å². The van der Waals surface area contributed by atoms with Gasteiger partial charge in [0.1, 0.15) is 11.6 Å². The summed E-state index contributed by atoms with van der Waals surface area (Å²) in [5.41, 5.74) is 7.10. The third kappa shape index (κ3) is 2.90. The summed E-state index contributed by atoms with van der Waals surface area (Å²) in [6, 6.07) is 7.61. The van der Waals surface area contributed by atoms with Gasteiger partial charge in [-0.05, 0) is 24.6 Å². The Morgan fingerprint density at radius 2 is 2.05 bits per heavy atom. The number of rotatable bonds is 5. The molecule has 0 aliphatic carbocycles. The number of benzene rings is 1. The van der Waals surface area contributed by atoms with Crippen LogP contribution in [0.1, 0.15) is 23.0 Å². The monoisotopic (exact) mass is 275 g/mol. The summed E-state index contributed by atoms with van der Waals surface area (Å²) in [5, 5.41) is 0. The minimum Gasteiger partial charge on any atom is -0.497 e. The molecule has 2 aromatic rings. The molecule has 0 amide bonds. The molecule has 1 aromatic carbocycles.